The molecule has 0 amide bonds. The van der Waals surface area contributed by atoms with Crippen LogP contribution < -0.4 is 0 Å². The van der Waals surface area contributed by atoms with Crippen LogP contribution in [-0.4, -0.2) is 34.4 Å². The van der Waals surface area contributed by atoms with Crippen molar-refractivity contribution in [3.8, 4) is 0 Å². The summed E-state index contributed by atoms with van der Waals surface area (Å²) in [5, 5.41) is 9.33. The second-order valence-electron chi connectivity index (χ2n) is 6.86. The predicted molar refractivity (Wildman–Crippen MR) is 92.6 cm³/mol. The van der Waals surface area contributed by atoms with Crippen molar-refractivity contribution in [3.05, 3.63) is 39.8 Å². The normalized spacial score (nSPS) is 21.5. The van der Waals surface area contributed by atoms with Crippen molar-refractivity contribution in [1.29, 1.82) is 0 Å². The van der Waals surface area contributed by atoms with Crippen LogP contribution in [0.3, 0.4) is 0 Å². The Morgan fingerprint density at radius 2 is 2.30 bits per heavy atom. The van der Waals surface area contributed by atoms with Gasteiger partial charge in [0.2, 0.25) is 0 Å². The number of aromatic nitrogens is 2. The monoisotopic (exact) mass is 331 g/mol. The lowest BCUT2D eigenvalue weighted by molar-refractivity contribution is 0.104. The van der Waals surface area contributed by atoms with E-state index >= 15 is 0 Å². The summed E-state index contributed by atoms with van der Waals surface area (Å²) in [7, 11) is 0. The van der Waals surface area contributed by atoms with Crippen molar-refractivity contribution in [1.82, 2.24) is 14.7 Å². The van der Waals surface area contributed by atoms with E-state index in [4.69, 9.17) is 9.84 Å². The third-order valence-corrected chi connectivity index (χ3v) is 5.51. The summed E-state index contributed by atoms with van der Waals surface area (Å²) in [6.07, 6.45) is 5.03. The van der Waals surface area contributed by atoms with Crippen LogP contribution in [0, 0.1) is 5.92 Å². The molecule has 1 saturated carbocycles. The molecule has 0 bridgehead atoms. The average Bonchev–Trinajstić information content (AvgIpc) is 3.04. The molecule has 1 atom stereocenters. The fraction of sp³-hybridized carbons (Fsp3) is 0.611. The zero-order chi connectivity index (χ0) is 15.6. The standard InChI is InChI=1S/C18H25N3OS/c1-2-22-12-17-10-20(7-15-5-6-23-13-15)9-16-11-21(19-18(16)17)8-14-3-4-14/h5-6,11,13-14,17H,2-4,7-10,12H2,1H3/t17-/m0/s1. The molecule has 0 radical (unpaired) electrons. The Morgan fingerprint density at radius 3 is 3.04 bits per heavy atom. The molecule has 23 heavy (non-hydrogen) atoms. The maximum absolute atomic E-state index is 5.74. The Labute approximate surface area is 142 Å². The third kappa shape index (κ3) is 3.67. The molecule has 1 aliphatic heterocycles. The van der Waals surface area contributed by atoms with Crippen molar-refractivity contribution < 1.29 is 4.74 Å². The highest BCUT2D eigenvalue weighted by Crippen LogP contribution is 2.33. The minimum Gasteiger partial charge on any atom is -0.381 e. The van der Waals surface area contributed by atoms with Gasteiger partial charge in [-0.3, -0.25) is 9.58 Å². The van der Waals surface area contributed by atoms with E-state index in [0.717, 1.165) is 45.3 Å². The first-order valence-electron chi connectivity index (χ1n) is 8.69. The second-order valence-corrected chi connectivity index (χ2v) is 7.64. The van der Waals surface area contributed by atoms with E-state index in [2.05, 4.69) is 39.5 Å². The van der Waals surface area contributed by atoms with E-state index in [1.165, 1.54) is 29.7 Å². The number of rotatable bonds is 7. The van der Waals surface area contributed by atoms with E-state index in [9.17, 15) is 0 Å². The summed E-state index contributed by atoms with van der Waals surface area (Å²) in [6.45, 7) is 7.81. The summed E-state index contributed by atoms with van der Waals surface area (Å²) >= 11 is 1.78. The molecule has 0 unspecified atom stereocenters. The molecule has 2 aromatic heterocycles. The second kappa shape index (κ2) is 6.75. The summed E-state index contributed by atoms with van der Waals surface area (Å²) in [6, 6.07) is 2.23. The number of hydrogen-bond donors (Lipinski definition) is 0. The summed E-state index contributed by atoms with van der Waals surface area (Å²) in [4.78, 5) is 2.54. The first-order valence-corrected chi connectivity index (χ1v) is 9.63. The lowest BCUT2D eigenvalue weighted by Crippen LogP contribution is -2.34. The van der Waals surface area contributed by atoms with Gasteiger partial charge in [-0.05, 0) is 48.1 Å². The average molecular weight is 331 g/mol. The van der Waals surface area contributed by atoms with Gasteiger partial charge >= 0.3 is 0 Å². The van der Waals surface area contributed by atoms with Crippen molar-refractivity contribution in [2.75, 3.05) is 19.8 Å². The minimum absolute atomic E-state index is 0.401. The van der Waals surface area contributed by atoms with Crippen molar-refractivity contribution in [2.45, 2.75) is 45.3 Å². The number of nitrogens with zero attached hydrogens (tertiary/aromatic N) is 3. The predicted octanol–water partition coefficient (Wildman–Crippen LogP) is 3.49. The first-order chi connectivity index (χ1) is 11.3. The smallest absolute Gasteiger partial charge is 0.0736 e. The molecule has 124 valence electrons. The third-order valence-electron chi connectivity index (χ3n) is 4.78. The highest BCUT2D eigenvalue weighted by atomic mass is 32.1. The minimum atomic E-state index is 0.401. The van der Waals surface area contributed by atoms with Gasteiger partial charge in [0.25, 0.3) is 0 Å². The van der Waals surface area contributed by atoms with Crippen molar-refractivity contribution in [2.24, 2.45) is 5.92 Å². The van der Waals surface area contributed by atoms with E-state index in [1.54, 1.807) is 11.3 Å². The summed E-state index contributed by atoms with van der Waals surface area (Å²) in [5.41, 5.74) is 4.09. The molecule has 5 heteroatoms. The van der Waals surface area contributed by atoms with Crippen LogP contribution in [0.4, 0.5) is 0 Å². The van der Waals surface area contributed by atoms with Gasteiger partial charge in [0.1, 0.15) is 0 Å². The van der Waals surface area contributed by atoms with Gasteiger partial charge in [-0.1, -0.05) is 0 Å². The molecule has 1 aliphatic carbocycles. The molecular weight excluding hydrogens is 306 g/mol. The summed E-state index contributed by atoms with van der Waals surface area (Å²) < 4.78 is 7.93. The molecule has 0 N–H and O–H groups in total. The maximum atomic E-state index is 5.74. The van der Waals surface area contributed by atoms with E-state index in [-0.39, 0.29) is 0 Å². The van der Waals surface area contributed by atoms with Crippen LogP contribution in [-0.2, 0) is 24.4 Å². The Hall–Kier alpha value is -1.17. The highest BCUT2D eigenvalue weighted by Gasteiger charge is 2.30. The number of thiophene rings is 1. The highest BCUT2D eigenvalue weighted by molar-refractivity contribution is 7.07. The zero-order valence-electron chi connectivity index (χ0n) is 13.8. The van der Waals surface area contributed by atoms with Gasteiger partial charge in [0.15, 0.2) is 0 Å². The van der Waals surface area contributed by atoms with Crippen LogP contribution in [0.5, 0.6) is 0 Å². The molecule has 4 rings (SSSR count). The molecular formula is C18H25N3OS. The Bertz CT molecular complexity index is 633. The Balaban J connectivity index is 1.51. The molecule has 3 heterocycles. The van der Waals surface area contributed by atoms with E-state index in [1.807, 2.05) is 0 Å². The zero-order valence-corrected chi connectivity index (χ0v) is 14.6. The Kier molecular flexibility index (Phi) is 4.51. The van der Waals surface area contributed by atoms with Crippen LogP contribution in [0.15, 0.2) is 23.0 Å². The fourth-order valence-electron chi connectivity index (χ4n) is 3.46. The van der Waals surface area contributed by atoms with E-state index in [0.29, 0.717) is 5.92 Å². The van der Waals surface area contributed by atoms with Gasteiger partial charge in [0, 0.05) is 50.5 Å². The quantitative estimate of drug-likeness (QED) is 0.778. The van der Waals surface area contributed by atoms with Crippen LogP contribution >= 0.6 is 11.3 Å². The molecule has 0 spiro atoms. The number of hydrogen-bond acceptors (Lipinski definition) is 4. The maximum Gasteiger partial charge on any atom is 0.0736 e. The van der Waals surface area contributed by atoms with Crippen molar-refractivity contribution >= 4 is 11.3 Å². The van der Waals surface area contributed by atoms with Crippen molar-refractivity contribution in [3.63, 3.8) is 0 Å². The van der Waals surface area contributed by atoms with Gasteiger partial charge in [0.05, 0.1) is 12.3 Å². The fourth-order valence-corrected chi connectivity index (χ4v) is 4.12. The largest absolute Gasteiger partial charge is 0.381 e. The molecule has 0 aromatic carbocycles. The molecule has 2 aromatic rings. The van der Waals surface area contributed by atoms with Gasteiger partial charge < -0.3 is 4.74 Å². The number of fused-ring (bicyclic) bond motifs is 1. The van der Waals surface area contributed by atoms with Gasteiger partial charge in [-0.25, -0.2) is 0 Å². The van der Waals surface area contributed by atoms with E-state index < -0.39 is 0 Å². The van der Waals surface area contributed by atoms with Gasteiger partial charge in [-0.15, -0.1) is 0 Å². The Morgan fingerprint density at radius 1 is 1.39 bits per heavy atom. The van der Waals surface area contributed by atoms with Crippen LogP contribution in [0.25, 0.3) is 0 Å². The molecule has 2 aliphatic rings. The lowest BCUT2D eigenvalue weighted by atomic mass is 9.97. The lowest BCUT2D eigenvalue weighted by Gasteiger charge is -2.31. The molecule has 1 fully saturated rings. The SMILES string of the molecule is CCOC[C@@H]1CN(Cc2ccsc2)Cc2cn(CC3CC3)nc21. The van der Waals surface area contributed by atoms with Crippen LogP contribution in [0.2, 0.25) is 0 Å². The molecule has 0 saturated heterocycles. The topological polar surface area (TPSA) is 30.3 Å². The van der Waals surface area contributed by atoms with Crippen LogP contribution in [0.1, 0.15) is 42.5 Å². The summed E-state index contributed by atoms with van der Waals surface area (Å²) in [5.74, 6) is 1.27. The molecule has 4 nitrogen and oxygen atoms in total. The van der Waals surface area contributed by atoms with Gasteiger partial charge in [-0.2, -0.15) is 16.4 Å². The first kappa shape index (κ1) is 15.4. The number of ether oxygens (including phenoxy) is 1.